The van der Waals surface area contributed by atoms with Crippen LogP contribution >= 0.6 is 0 Å². The zero-order valence-electron chi connectivity index (χ0n) is 9.56. The van der Waals surface area contributed by atoms with Crippen molar-refractivity contribution in [2.75, 3.05) is 20.2 Å². The first-order valence-corrected chi connectivity index (χ1v) is 5.18. The molecule has 1 fully saturated rings. The number of aliphatic hydroxyl groups excluding tert-OH is 1. The molecule has 1 saturated heterocycles. The summed E-state index contributed by atoms with van der Waals surface area (Å²) in [5.74, 6) is -0.256. The van der Waals surface area contributed by atoms with Gasteiger partial charge < -0.3 is 9.84 Å². The number of likely N-dealkylation sites (tertiary alicyclic amines) is 1. The van der Waals surface area contributed by atoms with Crippen LogP contribution in [0.25, 0.3) is 0 Å². The smallest absolute Gasteiger partial charge is 0.323 e. The van der Waals surface area contributed by atoms with Gasteiger partial charge >= 0.3 is 5.97 Å². The Hall–Kier alpha value is -0.870. The highest BCUT2D eigenvalue weighted by atomic mass is 16.5. The van der Waals surface area contributed by atoms with Crippen LogP contribution in [-0.4, -0.2) is 48.3 Å². The molecule has 2 atom stereocenters. The van der Waals surface area contributed by atoms with E-state index in [1.54, 1.807) is 0 Å². The van der Waals surface area contributed by atoms with E-state index in [1.807, 2.05) is 24.8 Å². The molecule has 1 aliphatic rings. The fraction of sp³-hybridized carbons (Fsp3) is 0.727. The molecule has 0 saturated carbocycles. The van der Waals surface area contributed by atoms with Crippen LogP contribution in [0.1, 0.15) is 20.3 Å². The molecule has 0 amide bonds. The Morgan fingerprint density at radius 1 is 1.60 bits per heavy atom. The zero-order chi connectivity index (χ0) is 11.4. The highest BCUT2D eigenvalue weighted by Crippen LogP contribution is 2.18. The third kappa shape index (κ3) is 3.32. The molecule has 4 heteroatoms. The first-order valence-electron chi connectivity index (χ1n) is 5.18. The number of hydrogen-bond donors (Lipinski definition) is 1. The van der Waals surface area contributed by atoms with Gasteiger partial charge in [0.25, 0.3) is 0 Å². The molecule has 4 nitrogen and oxygen atoms in total. The van der Waals surface area contributed by atoms with Gasteiger partial charge in [0, 0.05) is 19.5 Å². The van der Waals surface area contributed by atoms with Gasteiger partial charge in [-0.2, -0.15) is 0 Å². The Kier molecular flexibility index (Phi) is 4.29. The van der Waals surface area contributed by atoms with Crippen LogP contribution in [0.5, 0.6) is 0 Å². The number of hydrogen-bond acceptors (Lipinski definition) is 4. The van der Waals surface area contributed by atoms with Crippen LogP contribution in [0.4, 0.5) is 0 Å². The molecule has 0 aliphatic carbocycles. The molecule has 1 heterocycles. The Labute approximate surface area is 90.5 Å². The second kappa shape index (κ2) is 5.28. The molecule has 15 heavy (non-hydrogen) atoms. The van der Waals surface area contributed by atoms with Gasteiger partial charge in [-0.05, 0) is 13.8 Å². The van der Waals surface area contributed by atoms with E-state index in [4.69, 9.17) is 4.74 Å². The van der Waals surface area contributed by atoms with E-state index >= 15 is 0 Å². The predicted octanol–water partition coefficient (Wildman–Crippen LogP) is 0.561. The second-order valence-corrected chi connectivity index (χ2v) is 4.16. The highest BCUT2D eigenvalue weighted by molar-refractivity contribution is 5.76. The molecule has 1 aliphatic heterocycles. The molecule has 0 aromatic rings. The summed E-state index contributed by atoms with van der Waals surface area (Å²) in [6.45, 7) is 5.27. The summed E-state index contributed by atoms with van der Waals surface area (Å²) >= 11 is 0. The van der Waals surface area contributed by atoms with Gasteiger partial charge in [-0.3, -0.25) is 9.69 Å². The van der Waals surface area contributed by atoms with Crippen LogP contribution in [0, 0.1) is 0 Å². The Morgan fingerprint density at radius 2 is 2.27 bits per heavy atom. The summed E-state index contributed by atoms with van der Waals surface area (Å²) in [4.78, 5) is 13.4. The van der Waals surface area contributed by atoms with Crippen LogP contribution in [-0.2, 0) is 9.53 Å². The fourth-order valence-corrected chi connectivity index (χ4v) is 1.76. The lowest BCUT2D eigenvalue weighted by Crippen LogP contribution is -2.37. The maximum absolute atomic E-state index is 11.4. The average Bonchev–Trinajstić information content (AvgIpc) is 2.55. The standard InChI is InChI=1S/C11H19NO3/c1-8(2)4-5-12-7-9(13)6-10(12)11(14)15-3/h4,9-10,13H,5-7H2,1-3H3/t9-,10-/m0/s1. The van der Waals surface area contributed by atoms with E-state index in [0.29, 0.717) is 19.5 Å². The Bertz CT molecular complexity index is 259. The van der Waals surface area contributed by atoms with Crippen molar-refractivity contribution in [3.05, 3.63) is 11.6 Å². The average molecular weight is 213 g/mol. The number of ether oxygens (including phenoxy) is 1. The van der Waals surface area contributed by atoms with Gasteiger partial charge in [0.2, 0.25) is 0 Å². The number of allylic oxidation sites excluding steroid dienone is 1. The fourth-order valence-electron chi connectivity index (χ4n) is 1.76. The third-order valence-corrected chi connectivity index (χ3v) is 2.59. The summed E-state index contributed by atoms with van der Waals surface area (Å²) in [5.41, 5.74) is 1.21. The topological polar surface area (TPSA) is 49.8 Å². The first-order chi connectivity index (χ1) is 7.04. The largest absolute Gasteiger partial charge is 0.468 e. The third-order valence-electron chi connectivity index (χ3n) is 2.59. The first kappa shape index (κ1) is 12.2. The van der Waals surface area contributed by atoms with E-state index < -0.39 is 6.10 Å². The van der Waals surface area contributed by atoms with Gasteiger partial charge in [-0.25, -0.2) is 0 Å². The summed E-state index contributed by atoms with van der Waals surface area (Å²) in [6, 6.07) is -0.291. The summed E-state index contributed by atoms with van der Waals surface area (Å²) in [7, 11) is 1.38. The lowest BCUT2D eigenvalue weighted by atomic mass is 10.2. The Morgan fingerprint density at radius 3 is 2.80 bits per heavy atom. The molecule has 0 bridgehead atoms. The minimum atomic E-state index is -0.417. The van der Waals surface area contributed by atoms with Crippen molar-refractivity contribution in [1.82, 2.24) is 4.90 Å². The number of aliphatic hydroxyl groups is 1. The molecule has 1 N–H and O–H groups in total. The predicted molar refractivity (Wildman–Crippen MR) is 57.4 cm³/mol. The van der Waals surface area contributed by atoms with Gasteiger partial charge in [0.05, 0.1) is 13.2 Å². The van der Waals surface area contributed by atoms with Crippen molar-refractivity contribution >= 4 is 5.97 Å². The molecular formula is C11H19NO3. The van der Waals surface area contributed by atoms with E-state index in [1.165, 1.54) is 12.7 Å². The Balaban J connectivity index is 2.60. The number of carbonyl (C=O) groups is 1. The second-order valence-electron chi connectivity index (χ2n) is 4.16. The van der Waals surface area contributed by atoms with Crippen molar-refractivity contribution in [3.8, 4) is 0 Å². The number of rotatable bonds is 3. The van der Waals surface area contributed by atoms with E-state index in [9.17, 15) is 9.90 Å². The molecule has 0 spiro atoms. The summed E-state index contributed by atoms with van der Waals surface area (Å²) < 4.78 is 4.71. The number of nitrogens with zero attached hydrogens (tertiary/aromatic N) is 1. The number of β-amino-alcohol motifs (C(OH)–C–C–N with tert-alkyl or cyclic N) is 1. The van der Waals surface area contributed by atoms with Gasteiger partial charge in [-0.15, -0.1) is 0 Å². The maximum atomic E-state index is 11.4. The van der Waals surface area contributed by atoms with Crippen molar-refractivity contribution in [2.45, 2.75) is 32.4 Å². The molecular weight excluding hydrogens is 194 g/mol. The van der Waals surface area contributed by atoms with Gasteiger partial charge in [0.1, 0.15) is 6.04 Å². The molecule has 0 aromatic carbocycles. The van der Waals surface area contributed by atoms with Crippen molar-refractivity contribution in [3.63, 3.8) is 0 Å². The zero-order valence-corrected chi connectivity index (χ0v) is 9.56. The van der Waals surface area contributed by atoms with Gasteiger partial charge in [-0.1, -0.05) is 11.6 Å². The SMILES string of the molecule is COC(=O)[C@@H]1C[C@H](O)CN1CC=C(C)C. The summed E-state index contributed by atoms with van der Waals surface area (Å²) in [5, 5.41) is 9.51. The normalized spacial score (nSPS) is 26.4. The van der Waals surface area contributed by atoms with E-state index in [0.717, 1.165) is 0 Å². The quantitative estimate of drug-likeness (QED) is 0.550. The maximum Gasteiger partial charge on any atom is 0.323 e. The monoisotopic (exact) mass is 213 g/mol. The highest BCUT2D eigenvalue weighted by Gasteiger charge is 2.35. The number of methoxy groups -OCH3 is 1. The molecule has 1 rings (SSSR count). The lowest BCUT2D eigenvalue weighted by Gasteiger charge is -2.20. The van der Waals surface area contributed by atoms with Crippen LogP contribution in [0.15, 0.2) is 11.6 Å². The minimum absolute atomic E-state index is 0.256. The molecule has 0 aromatic heterocycles. The number of carbonyl (C=O) groups excluding carboxylic acids is 1. The molecule has 86 valence electrons. The molecule has 0 unspecified atom stereocenters. The van der Waals surface area contributed by atoms with Gasteiger partial charge in [0.15, 0.2) is 0 Å². The minimum Gasteiger partial charge on any atom is -0.468 e. The van der Waals surface area contributed by atoms with Crippen molar-refractivity contribution in [1.29, 1.82) is 0 Å². The van der Waals surface area contributed by atoms with E-state index in [-0.39, 0.29) is 12.0 Å². The van der Waals surface area contributed by atoms with Crippen molar-refractivity contribution in [2.24, 2.45) is 0 Å². The van der Waals surface area contributed by atoms with Crippen LogP contribution < -0.4 is 0 Å². The van der Waals surface area contributed by atoms with Crippen molar-refractivity contribution < 1.29 is 14.6 Å². The van der Waals surface area contributed by atoms with Crippen LogP contribution in [0.2, 0.25) is 0 Å². The van der Waals surface area contributed by atoms with E-state index in [2.05, 4.69) is 0 Å². The van der Waals surface area contributed by atoms with Crippen LogP contribution in [0.3, 0.4) is 0 Å². The number of esters is 1. The summed E-state index contributed by atoms with van der Waals surface area (Å²) in [6.07, 6.45) is 2.11. The lowest BCUT2D eigenvalue weighted by molar-refractivity contribution is -0.145. The molecule has 0 radical (unpaired) electrons.